The summed E-state index contributed by atoms with van der Waals surface area (Å²) in [4.78, 5) is 16.2. The second kappa shape index (κ2) is 5.00. The maximum atomic E-state index is 11.7. The number of rotatable bonds is 2. The summed E-state index contributed by atoms with van der Waals surface area (Å²) in [5.74, 6) is -0.418. The highest BCUT2D eigenvalue weighted by Gasteiger charge is 2.19. The minimum atomic E-state index is -0.418. The van der Waals surface area contributed by atoms with Crippen LogP contribution >= 0.6 is 0 Å². The summed E-state index contributed by atoms with van der Waals surface area (Å²) >= 11 is 0. The van der Waals surface area contributed by atoms with Crippen LogP contribution in [0.4, 0.5) is 5.69 Å². The maximum absolute atomic E-state index is 11.7. The van der Waals surface area contributed by atoms with E-state index in [2.05, 4.69) is 4.98 Å². The zero-order valence-electron chi connectivity index (χ0n) is 11.4. The quantitative estimate of drug-likeness (QED) is 0.671. The van der Waals surface area contributed by atoms with Crippen molar-refractivity contribution >= 4 is 11.7 Å². The first-order valence-corrected chi connectivity index (χ1v) is 6.74. The van der Waals surface area contributed by atoms with Crippen LogP contribution in [0.2, 0.25) is 0 Å². The molecule has 1 aliphatic rings. The number of carbonyl (C=O) groups excluding carboxylic acids is 1. The van der Waals surface area contributed by atoms with Gasteiger partial charge in [0.15, 0.2) is 0 Å². The van der Waals surface area contributed by atoms with Crippen LogP contribution in [0.1, 0.15) is 34.6 Å². The molecular formula is C15H17N3O2. The first kappa shape index (κ1) is 12.7. The Morgan fingerprint density at radius 2 is 2.15 bits per heavy atom. The molecule has 2 aromatic rings. The average Bonchev–Trinajstić information content (AvgIpc) is 2.90. The molecule has 1 aromatic heterocycles. The number of anilines is 1. The Morgan fingerprint density at radius 3 is 2.95 bits per heavy atom. The van der Waals surface area contributed by atoms with E-state index >= 15 is 0 Å². The van der Waals surface area contributed by atoms with Crippen LogP contribution in [-0.4, -0.2) is 22.6 Å². The van der Waals surface area contributed by atoms with Gasteiger partial charge in [0, 0.05) is 5.69 Å². The number of nitrogens with zero attached hydrogens (tertiary/aromatic N) is 2. The Balaban J connectivity index is 2.11. The van der Waals surface area contributed by atoms with E-state index in [0.29, 0.717) is 11.3 Å². The lowest BCUT2D eigenvalue weighted by Gasteiger charge is -2.16. The number of hydrogen-bond donors (Lipinski definition) is 1. The molecule has 0 amide bonds. The summed E-state index contributed by atoms with van der Waals surface area (Å²) in [6.45, 7) is 0. The van der Waals surface area contributed by atoms with Crippen molar-refractivity contribution in [3.05, 3.63) is 41.5 Å². The summed E-state index contributed by atoms with van der Waals surface area (Å²) in [6.07, 6.45) is 6.15. The van der Waals surface area contributed by atoms with Gasteiger partial charge < -0.3 is 15.0 Å². The lowest BCUT2D eigenvalue weighted by atomic mass is 10.0. The molecule has 20 heavy (non-hydrogen) atoms. The molecular weight excluding hydrogens is 254 g/mol. The molecule has 5 heteroatoms. The second-order valence-electron chi connectivity index (χ2n) is 4.95. The van der Waals surface area contributed by atoms with Gasteiger partial charge in [-0.3, -0.25) is 0 Å². The predicted molar refractivity (Wildman–Crippen MR) is 76.0 cm³/mol. The fourth-order valence-electron chi connectivity index (χ4n) is 2.73. The van der Waals surface area contributed by atoms with Gasteiger partial charge in [-0.15, -0.1) is 0 Å². The molecule has 5 nitrogen and oxygen atoms in total. The maximum Gasteiger partial charge on any atom is 0.340 e. The van der Waals surface area contributed by atoms with E-state index in [1.54, 1.807) is 12.4 Å². The Bertz CT molecular complexity index is 661. The summed E-state index contributed by atoms with van der Waals surface area (Å²) in [5.41, 5.74) is 10.1. The normalized spacial score (nSPS) is 13.8. The number of aromatic nitrogens is 2. The first-order valence-electron chi connectivity index (χ1n) is 6.74. The van der Waals surface area contributed by atoms with E-state index in [1.807, 2.05) is 16.7 Å². The monoisotopic (exact) mass is 271 g/mol. The van der Waals surface area contributed by atoms with Crippen molar-refractivity contribution in [3.63, 3.8) is 0 Å². The third-order valence-electron chi connectivity index (χ3n) is 3.78. The highest BCUT2D eigenvalue weighted by Crippen LogP contribution is 2.28. The van der Waals surface area contributed by atoms with E-state index in [0.717, 1.165) is 30.6 Å². The van der Waals surface area contributed by atoms with Gasteiger partial charge in [-0.25, -0.2) is 9.78 Å². The van der Waals surface area contributed by atoms with Crippen molar-refractivity contribution in [2.45, 2.75) is 25.7 Å². The second-order valence-corrected chi connectivity index (χ2v) is 4.95. The van der Waals surface area contributed by atoms with E-state index in [9.17, 15) is 4.79 Å². The molecule has 0 unspecified atom stereocenters. The van der Waals surface area contributed by atoms with E-state index < -0.39 is 5.97 Å². The number of nitrogen functional groups attached to an aromatic ring is 1. The van der Waals surface area contributed by atoms with Gasteiger partial charge in [0.05, 0.1) is 36.1 Å². The van der Waals surface area contributed by atoms with Gasteiger partial charge in [0.1, 0.15) is 0 Å². The molecule has 0 saturated heterocycles. The number of para-hydroxylation sites is 1. The molecule has 1 heterocycles. The SMILES string of the molecule is COC(=O)c1cccc(-n2cnc3c2CCCC3)c1N. The van der Waals surface area contributed by atoms with Gasteiger partial charge in [0.25, 0.3) is 0 Å². The molecule has 0 saturated carbocycles. The van der Waals surface area contributed by atoms with Gasteiger partial charge in [0.2, 0.25) is 0 Å². The number of carbonyl (C=O) groups is 1. The smallest absolute Gasteiger partial charge is 0.340 e. The Labute approximate surface area is 117 Å². The van der Waals surface area contributed by atoms with E-state index in [4.69, 9.17) is 10.5 Å². The molecule has 3 rings (SSSR count). The zero-order valence-corrected chi connectivity index (χ0v) is 11.4. The molecule has 0 radical (unpaired) electrons. The molecule has 1 aromatic carbocycles. The van der Waals surface area contributed by atoms with Crippen molar-refractivity contribution in [1.29, 1.82) is 0 Å². The van der Waals surface area contributed by atoms with Crippen LogP contribution in [0.3, 0.4) is 0 Å². The van der Waals surface area contributed by atoms with E-state index in [1.165, 1.54) is 19.2 Å². The van der Waals surface area contributed by atoms with Gasteiger partial charge in [-0.2, -0.15) is 0 Å². The Morgan fingerprint density at radius 1 is 1.35 bits per heavy atom. The first-order chi connectivity index (χ1) is 9.72. The number of hydrogen-bond acceptors (Lipinski definition) is 4. The number of imidazole rings is 1. The predicted octanol–water partition coefficient (Wildman–Crippen LogP) is 2.12. The van der Waals surface area contributed by atoms with Crippen LogP contribution in [0.15, 0.2) is 24.5 Å². The van der Waals surface area contributed by atoms with Crippen LogP contribution in [0.5, 0.6) is 0 Å². The van der Waals surface area contributed by atoms with E-state index in [-0.39, 0.29) is 0 Å². The topological polar surface area (TPSA) is 70.1 Å². The molecule has 0 fully saturated rings. The number of nitrogens with two attached hydrogens (primary N) is 1. The fourth-order valence-corrected chi connectivity index (χ4v) is 2.73. The fraction of sp³-hybridized carbons (Fsp3) is 0.333. The Kier molecular flexibility index (Phi) is 3.18. The summed E-state index contributed by atoms with van der Waals surface area (Å²) < 4.78 is 6.75. The lowest BCUT2D eigenvalue weighted by Crippen LogP contribution is -2.11. The molecule has 0 spiro atoms. The molecule has 1 aliphatic carbocycles. The number of ether oxygens (including phenoxy) is 1. The van der Waals surface area contributed by atoms with Crippen molar-refractivity contribution in [1.82, 2.24) is 9.55 Å². The minimum Gasteiger partial charge on any atom is -0.465 e. The van der Waals surface area contributed by atoms with Gasteiger partial charge in [-0.1, -0.05) is 6.07 Å². The standard InChI is InChI=1S/C15H17N3O2/c1-20-15(19)10-5-4-8-13(14(10)16)18-9-17-11-6-2-3-7-12(11)18/h4-5,8-9H,2-3,6-7,16H2,1H3. The third-order valence-corrected chi connectivity index (χ3v) is 3.78. The number of methoxy groups -OCH3 is 1. The number of esters is 1. The van der Waals surface area contributed by atoms with Gasteiger partial charge >= 0.3 is 5.97 Å². The minimum absolute atomic E-state index is 0.392. The summed E-state index contributed by atoms with van der Waals surface area (Å²) in [5, 5.41) is 0. The van der Waals surface area contributed by atoms with Crippen molar-refractivity contribution in [2.24, 2.45) is 0 Å². The van der Waals surface area contributed by atoms with Crippen molar-refractivity contribution in [2.75, 3.05) is 12.8 Å². The Hall–Kier alpha value is -2.30. The zero-order chi connectivity index (χ0) is 14.1. The largest absolute Gasteiger partial charge is 0.465 e. The number of aryl methyl sites for hydroxylation is 1. The van der Waals surface area contributed by atoms with Gasteiger partial charge in [-0.05, 0) is 37.8 Å². The average molecular weight is 271 g/mol. The third kappa shape index (κ3) is 1.95. The molecule has 2 N–H and O–H groups in total. The molecule has 0 bridgehead atoms. The summed E-state index contributed by atoms with van der Waals surface area (Å²) in [7, 11) is 1.35. The highest BCUT2D eigenvalue weighted by atomic mass is 16.5. The molecule has 104 valence electrons. The highest BCUT2D eigenvalue weighted by molar-refractivity contribution is 5.97. The summed E-state index contributed by atoms with van der Waals surface area (Å²) in [6, 6.07) is 5.39. The van der Waals surface area contributed by atoms with Crippen molar-refractivity contribution < 1.29 is 9.53 Å². The van der Waals surface area contributed by atoms with Crippen LogP contribution in [0.25, 0.3) is 5.69 Å². The lowest BCUT2D eigenvalue weighted by molar-refractivity contribution is 0.0602. The molecule has 0 atom stereocenters. The number of benzene rings is 1. The number of fused-ring (bicyclic) bond motifs is 1. The van der Waals surface area contributed by atoms with Crippen molar-refractivity contribution in [3.8, 4) is 5.69 Å². The van der Waals surface area contributed by atoms with Crippen LogP contribution < -0.4 is 5.73 Å². The molecule has 0 aliphatic heterocycles. The van der Waals surface area contributed by atoms with Crippen LogP contribution in [0, 0.1) is 0 Å². The van der Waals surface area contributed by atoms with Crippen LogP contribution in [-0.2, 0) is 17.6 Å².